The number of rotatable bonds is 6. The molecule has 0 unspecified atom stereocenters. The molecule has 8 aromatic carbocycles. The van der Waals surface area contributed by atoms with Crippen molar-refractivity contribution in [2.45, 2.75) is 24.9 Å². The Labute approximate surface area is 322 Å². The van der Waals surface area contributed by atoms with E-state index in [1.165, 1.54) is 22.3 Å². The zero-order valence-electron chi connectivity index (χ0n) is 30.3. The van der Waals surface area contributed by atoms with Crippen molar-refractivity contribution in [3.63, 3.8) is 0 Å². The van der Waals surface area contributed by atoms with Crippen LogP contribution < -0.4 is 0 Å². The smallest absolute Gasteiger partial charge is 0.141 e. The molecule has 0 amide bonds. The van der Waals surface area contributed by atoms with Crippen LogP contribution in [-0.4, -0.2) is 5.11 Å². The van der Waals surface area contributed by atoms with Gasteiger partial charge in [-0.3, -0.25) is 0 Å². The Morgan fingerprint density at radius 3 is 1.22 bits per heavy atom. The van der Waals surface area contributed by atoms with Gasteiger partial charge >= 0.3 is 0 Å². The monoisotopic (exact) mass is 714 g/mol. The van der Waals surface area contributed by atoms with Gasteiger partial charge in [0.05, 0.1) is 0 Å². The van der Waals surface area contributed by atoms with Crippen LogP contribution in [0.2, 0.25) is 5.02 Å². The topological polar surface area (TPSA) is 20.2 Å². The number of aliphatic hydroxyl groups is 1. The van der Waals surface area contributed by atoms with Gasteiger partial charge in [-0.25, -0.2) is 0 Å². The molecule has 1 nitrogen and oxygen atoms in total. The number of fused-ring (bicyclic) bond motifs is 2. The zero-order chi connectivity index (χ0) is 36.9. The highest BCUT2D eigenvalue weighted by Crippen LogP contribution is 2.54. The van der Waals surface area contributed by atoms with Crippen LogP contribution >= 0.6 is 11.6 Å². The maximum atomic E-state index is 13.7. The van der Waals surface area contributed by atoms with Crippen LogP contribution in [0.3, 0.4) is 0 Å². The van der Waals surface area contributed by atoms with E-state index in [0.29, 0.717) is 5.02 Å². The standard InChI is InChI=1S/C52H39ClO/c1-51(2)49-33-42(40-19-11-17-38(31-40)35-13-5-3-6-14-35)25-29-47(49)52(54,46-22-10-9-21-45(46)37-23-27-44(53)28-24-37)48-30-26-43(34-50(48)51)41-20-12-18-39(32-41)36-15-7-4-8-16-36/h3-34,54H,1-2H3. The quantitative estimate of drug-likeness (QED) is 0.182. The van der Waals surface area contributed by atoms with Gasteiger partial charge in [0.1, 0.15) is 5.60 Å². The maximum Gasteiger partial charge on any atom is 0.141 e. The van der Waals surface area contributed by atoms with Gasteiger partial charge in [-0.15, -0.1) is 0 Å². The van der Waals surface area contributed by atoms with E-state index in [0.717, 1.165) is 61.2 Å². The average Bonchev–Trinajstić information content (AvgIpc) is 3.23. The van der Waals surface area contributed by atoms with Gasteiger partial charge in [-0.05, 0) is 114 Å². The molecule has 0 saturated carbocycles. The Kier molecular flexibility index (Phi) is 8.43. The second-order valence-corrected chi connectivity index (χ2v) is 15.2. The molecule has 0 bridgehead atoms. The van der Waals surface area contributed by atoms with Crippen molar-refractivity contribution in [3.05, 3.63) is 227 Å². The fourth-order valence-electron chi connectivity index (χ4n) is 8.39. The third kappa shape index (κ3) is 5.78. The normalized spacial score (nSPS) is 13.9. The molecular formula is C52H39ClO. The Hall–Kier alpha value is -5.99. The van der Waals surface area contributed by atoms with E-state index in [1.54, 1.807) is 0 Å². The van der Waals surface area contributed by atoms with Crippen molar-refractivity contribution < 1.29 is 5.11 Å². The van der Waals surface area contributed by atoms with Crippen LogP contribution in [0.15, 0.2) is 194 Å². The summed E-state index contributed by atoms with van der Waals surface area (Å²) in [5.74, 6) is 0. The third-order valence-corrected chi connectivity index (χ3v) is 11.5. The summed E-state index contributed by atoms with van der Waals surface area (Å²) in [6.45, 7) is 4.59. The highest BCUT2D eigenvalue weighted by Gasteiger charge is 2.48. The van der Waals surface area contributed by atoms with Gasteiger partial charge in [-0.2, -0.15) is 0 Å². The van der Waals surface area contributed by atoms with E-state index in [1.807, 2.05) is 48.5 Å². The van der Waals surface area contributed by atoms with Crippen molar-refractivity contribution in [1.29, 1.82) is 0 Å². The minimum absolute atomic E-state index is 0.438. The average molecular weight is 715 g/mol. The van der Waals surface area contributed by atoms with Gasteiger partial charge in [0.15, 0.2) is 0 Å². The molecule has 8 aromatic rings. The lowest BCUT2D eigenvalue weighted by Gasteiger charge is -2.45. The summed E-state index contributed by atoms with van der Waals surface area (Å²) in [6.07, 6.45) is 0. The summed E-state index contributed by atoms with van der Waals surface area (Å²) in [5, 5.41) is 14.3. The highest BCUT2D eigenvalue weighted by atomic mass is 35.5. The van der Waals surface area contributed by atoms with Crippen molar-refractivity contribution in [3.8, 4) is 55.6 Å². The summed E-state index contributed by atoms with van der Waals surface area (Å²) in [4.78, 5) is 0. The van der Waals surface area contributed by atoms with Crippen molar-refractivity contribution in [2.75, 3.05) is 0 Å². The number of halogens is 1. The number of benzene rings is 8. The highest BCUT2D eigenvalue weighted by molar-refractivity contribution is 6.30. The van der Waals surface area contributed by atoms with Crippen molar-refractivity contribution >= 4 is 11.6 Å². The molecular weight excluding hydrogens is 676 g/mol. The first-order valence-corrected chi connectivity index (χ1v) is 18.9. The summed E-state index contributed by atoms with van der Waals surface area (Å²) < 4.78 is 0. The molecule has 0 aliphatic heterocycles. The van der Waals surface area contributed by atoms with Crippen LogP contribution in [0.25, 0.3) is 55.6 Å². The molecule has 1 aliphatic carbocycles. The van der Waals surface area contributed by atoms with Gasteiger partial charge in [0, 0.05) is 16.0 Å². The summed E-state index contributed by atoms with van der Waals surface area (Å²) in [6, 6.07) is 67.9. The van der Waals surface area contributed by atoms with Crippen molar-refractivity contribution in [1.82, 2.24) is 0 Å². The SMILES string of the molecule is CC1(C)c2cc(-c3cccc(-c4ccccc4)c3)ccc2C(O)(c2ccccc2-c2ccc(Cl)cc2)c2ccc(-c3cccc(-c4ccccc4)c3)cc21. The largest absolute Gasteiger partial charge is 0.376 e. The second-order valence-electron chi connectivity index (χ2n) is 14.8. The Balaban J connectivity index is 1.26. The predicted molar refractivity (Wildman–Crippen MR) is 226 cm³/mol. The molecule has 0 radical (unpaired) electrons. The second kappa shape index (κ2) is 13.5. The Morgan fingerprint density at radius 2 is 0.722 bits per heavy atom. The van der Waals surface area contributed by atoms with Gasteiger partial charge in [-0.1, -0.05) is 183 Å². The number of hydrogen-bond acceptors (Lipinski definition) is 1. The molecule has 1 aliphatic rings. The summed E-state index contributed by atoms with van der Waals surface area (Å²) in [5.41, 5.74) is 14.1. The van der Waals surface area contributed by atoms with E-state index in [4.69, 9.17) is 11.6 Å². The van der Waals surface area contributed by atoms with E-state index >= 15 is 0 Å². The molecule has 0 fully saturated rings. The molecule has 2 heteroatoms. The van der Waals surface area contributed by atoms with Crippen molar-refractivity contribution in [2.24, 2.45) is 0 Å². The first-order valence-electron chi connectivity index (χ1n) is 18.5. The maximum absolute atomic E-state index is 13.7. The molecule has 0 spiro atoms. The van der Waals surface area contributed by atoms with Crippen LogP contribution in [0.1, 0.15) is 41.7 Å². The predicted octanol–water partition coefficient (Wildman–Crippen LogP) is 13.6. The van der Waals surface area contributed by atoms with Crippen LogP contribution in [-0.2, 0) is 11.0 Å². The minimum atomic E-state index is -1.44. The van der Waals surface area contributed by atoms with Crippen LogP contribution in [0, 0.1) is 0 Å². The van der Waals surface area contributed by atoms with Gasteiger partial charge in [0.2, 0.25) is 0 Å². The van der Waals surface area contributed by atoms with Crippen LogP contribution in [0.5, 0.6) is 0 Å². The number of hydrogen-bond donors (Lipinski definition) is 1. The van der Waals surface area contributed by atoms with E-state index in [-0.39, 0.29) is 0 Å². The molecule has 260 valence electrons. The van der Waals surface area contributed by atoms with Gasteiger partial charge < -0.3 is 5.11 Å². The Bertz CT molecular complexity index is 2500. The molecule has 0 heterocycles. The lowest BCUT2D eigenvalue weighted by Crippen LogP contribution is -2.41. The first kappa shape index (κ1) is 33.8. The molecule has 9 rings (SSSR count). The lowest BCUT2D eigenvalue weighted by molar-refractivity contribution is 0.117. The van der Waals surface area contributed by atoms with E-state index < -0.39 is 11.0 Å². The minimum Gasteiger partial charge on any atom is -0.376 e. The van der Waals surface area contributed by atoms with Crippen LogP contribution in [0.4, 0.5) is 0 Å². The third-order valence-electron chi connectivity index (χ3n) is 11.2. The zero-order valence-corrected chi connectivity index (χ0v) is 31.1. The molecule has 0 atom stereocenters. The summed E-state index contributed by atoms with van der Waals surface area (Å²) in [7, 11) is 0. The fourth-order valence-corrected chi connectivity index (χ4v) is 8.52. The lowest BCUT2D eigenvalue weighted by atomic mass is 9.60. The molecule has 0 saturated heterocycles. The van der Waals surface area contributed by atoms with E-state index in [9.17, 15) is 5.11 Å². The van der Waals surface area contributed by atoms with E-state index in [2.05, 4.69) is 159 Å². The molecule has 1 N–H and O–H groups in total. The fraction of sp³-hybridized carbons (Fsp3) is 0.0769. The molecule has 54 heavy (non-hydrogen) atoms. The molecule has 0 aromatic heterocycles. The first-order chi connectivity index (χ1) is 26.3. The summed E-state index contributed by atoms with van der Waals surface area (Å²) >= 11 is 6.35. The van der Waals surface area contributed by atoms with Gasteiger partial charge in [0.25, 0.3) is 0 Å². The Morgan fingerprint density at radius 1 is 0.333 bits per heavy atom.